The van der Waals surface area contributed by atoms with Gasteiger partial charge in [-0.3, -0.25) is 0 Å². The lowest BCUT2D eigenvalue weighted by molar-refractivity contribution is 0.979. The predicted octanol–water partition coefficient (Wildman–Crippen LogP) is 3.34. The highest BCUT2D eigenvalue weighted by Gasteiger charge is 2.27. The number of benzene rings is 1. The topological polar surface area (TPSA) is 37.8 Å². The van der Waals surface area contributed by atoms with Crippen LogP contribution in [-0.4, -0.2) is 9.36 Å². The summed E-state index contributed by atoms with van der Waals surface area (Å²) in [7, 11) is 0. The van der Waals surface area contributed by atoms with E-state index in [9.17, 15) is 0 Å². The van der Waals surface area contributed by atoms with Crippen LogP contribution in [0, 0.1) is 6.92 Å². The molecule has 1 aliphatic rings. The highest BCUT2D eigenvalue weighted by atomic mass is 32.1. The standard InChI is InChI=1S/C13H15N3S/c1-9-4-2-3-5-11(9)8-14-13-15-12(16-17-13)10-6-7-10/h2-5,10H,6-8H2,1H3,(H,14,15,16). The smallest absolute Gasteiger partial charge is 0.202 e. The summed E-state index contributed by atoms with van der Waals surface area (Å²) in [6.07, 6.45) is 2.52. The van der Waals surface area contributed by atoms with Crippen LogP contribution in [0.4, 0.5) is 5.13 Å². The minimum atomic E-state index is 0.639. The normalized spacial score (nSPS) is 14.9. The molecule has 1 aromatic heterocycles. The zero-order valence-electron chi connectivity index (χ0n) is 9.81. The van der Waals surface area contributed by atoms with Gasteiger partial charge in [-0.25, -0.2) is 4.98 Å². The third-order valence-corrected chi connectivity index (χ3v) is 3.76. The molecule has 1 aliphatic carbocycles. The number of aromatic nitrogens is 2. The number of nitrogens with one attached hydrogen (secondary N) is 1. The van der Waals surface area contributed by atoms with Gasteiger partial charge in [-0.1, -0.05) is 24.3 Å². The summed E-state index contributed by atoms with van der Waals surface area (Å²) in [5.41, 5.74) is 2.63. The Kier molecular flexibility index (Phi) is 2.81. The fourth-order valence-corrected chi connectivity index (χ4v) is 2.43. The van der Waals surface area contributed by atoms with Crippen molar-refractivity contribution in [3.8, 4) is 0 Å². The zero-order chi connectivity index (χ0) is 11.7. The lowest BCUT2D eigenvalue weighted by Gasteiger charge is -2.05. The monoisotopic (exact) mass is 245 g/mol. The van der Waals surface area contributed by atoms with Gasteiger partial charge in [-0.15, -0.1) is 0 Å². The highest BCUT2D eigenvalue weighted by Crippen LogP contribution is 2.39. The molecule has 3 nitrogen and oxygen atoms in total. The van der Waals surface area contributed by atoms with Crippen molar-refractivity contribution in [2.75, 3.05) is 5.32 Å². The van der Waals surface area contributed by atoms with E-state index in [1.54, 1.807) is 0 Å². The highest BCUT2D eigenvalue weighted by molar-refractivity contribution is 7.09. The lowest BCUT2D eigenvalue weighted by atomic mass is 10.1. The molecule has 1 saturated carbocycles. The summed E-state index contributed by atoms with van der Waals surface area (Å²) in [6, 6.07) is 8.41. The van der Waals surface area contributed by atoms with Crippen LogP contribution in [-0.2, 0) is 6.54 Å². The Bertz CT molecular complexity index is 517. The van der Waals surface area contributed by atoms with Crippen molar-refractivity contribution in [2.45, 2.75) is 32.2 Å². The van der Waals surface area contributed by atoms with Crippen LogP contribution in [0.15, 0.2) is 24.3 Å². The number of hydrogen-bond acceptors (Lipinski definition) is 4. The molecule has 1 heterocycles. The molecule has 0 spiro atoms. The van der Waals surface area contributed by atoms with E-state index in [1.165, 1.54) is 35.5 Å². The molecule has 17 heavy (non-hydrogen) atoms. The van der Waals surface area contributed by atoms with Crippen LogP contribution >= 0.6 is 11.5 Å². The summed E-state index contributed by atoms with van der Waals surface area (Å²) in [5.74, 6) is 1.67. The van der Waals surface area contributed by atoms with E-state index in [0.717, 1.165) is 17.5 Å². The van der Waals surface area contributed by atoms with Crippen molar-refractivity contribution in [1.82, 2.24) is 9.36 Å². The maximum Gasteiger partial charge on any atom is 0.202 e. The fourth-order valence-electron chi connectivity index (χ4n) is 1.79. The van der Waals surface area contributed by atoms with E-state index in [4.69, 9.17) is 0 Å². The molecule has 0 saturated heterocycles. The molecule has 88 valence electrons. The summed E-state index contributed by atoms with van der Waals surface area (Å²) in [4.78, 5) is 4.51. The Balaban J connectivity index is 1.65. The number of aryl methyl sites for hydroxylation is 1. The van der Waals surface area contributed by atoms with Gasteiger partial charge in [0.05, 0.1) is 0 Å². The van der Waals surface area contributed by atoms with Gasteiger partial charge in [0.25, 0.3) is 0 Å². The predicted molar refractivity (Wildman–Crippen MR) is 70.4 cm³/mol. The van der Waals surface area contributed by atoms with Crippen molar-refractivity contribution in [1.29, 1.82) is 0 Å². The Labute approximate surface area is 105 Å². The SMILES string of the molecule is Cc1ccccc1CNc1nc(C2CC2)ns1. The van der Waals surface area contributed by atoms with Gasteiger partial charge >= 0.3 is 0 Å². The van der Waals surface area contributed by atoms with E-state index < -0.39 is 0 Å². The maximum atomic E-state index is 4.51. The van der Waals surface area contributed by atoms with E-state index in [-0.39, 0.29) is 0 Å². The molecule has 0 aliphatic heterocycles. The summed E-state index contributed by atoms with van der Waals surface area (Å²) in [5, 5.41) is 4.29. The van der Waals surface area contributed by atoms with Crippen LogP contribution in [0.3, 0.4) is 0 Å². The van der Waals surface area contributed by atoms with Crippen LogP contribution in [0.2, 0.25) is 0 Å². The number of rotatable bonds is 4. The van der Waals surface area contributed by atoms with E-state index in [1.807, 2.05) is 0 Å². The quantitative estimate of drug-likeness (QED) is 0.897. The molecule has 1 fully saturated rings. The molecule has 0 unspecified atom stereocenters. The van der Waals surface area contributed by atoms with Crippen LogP contribution < -0.4 is 5.32 Å². The second-order valence-corrected chi connectivity index (χ2v) is 5.26. The largest absolute Gasteiger partial charge is 0.356 e. The maximum absolute atomic E-state index is 4.51. The summed E-state index contributed by atoms with van der Waals surface area (Å²) in [6.45, 7) is 2.96. The first-order valence-electron chi connectivity index (χ1n) is 5.95. The van der Waals surface area contributed by atoms with Crippen LogP contribution in [0.1, 0.15) is 35.7 Å². The minimum absolute atomic E-state index is 0.639. The molecular weight excluding hydrogens is 230 g/mol. The molecule has 3 rings (SSSR count). The van der Waals surface area contributed by atoms with Crippen molar-refractivity contribution < 1.29 is 0 Å². The first kappa shape index (κ1) is 10.7. The van der Waals surface area contributed by atoms with Gasteiger partial charge in [0.2, 0.25) is 5.13 Å². The molecule has 0 atom stereocenters. The number of nitrogens with zero attached hydrogens (tertiary/aromatic N) is 2. The second-order valence-electron chi connectivity index (χ2n) is 4.51. The van der Waals surface area contributed by atoms with Crippen molar-refractivity contribution >= 4 is 16.7 Å². The average molecular weight is 245 g/mol. The molecule has 0 bridgehead atoms. The minimum Gasteiger partial charge on any atom is -0.356 e. The van der Waals surface area contributed by atoms with Gasteiger partial charge in [0, 0.05) is 24.0 Å². The van der Waals surface area contributed by atoms with Gasteiger partial charge in [0.1, 0.15) is 5.82 Å². The Morgan fingerprint density at radius 1 is 1.35 bits per heavy atom. The van der Waals surface area contributed by atoms with E-state index in [2.05, 4.69) is 45.9 Å². The molecular formula is C13H15N3S. The Morgan fingerprint density at radius 3 is 2.94 bits per heavy atom. The van der Waals surface area contributed by atoms with Crippen molar-refractivity contribution in [3.05, 3.63) is 41.2 Å². The first-order valence-corrected chi connectivity index (χ1v) is 6.72. The molecule has 4 heteroatoms. The van der Waals surface area contributed by atoms with Crippen LogP contribution in [0.25, 0.3) is 0 Å². The summed E-state index contributed by atoms with van der Waals surface area (Å²) < 4.78 is 4.38. The number of hydrogen-bond donors (Lipinski definition) is 1. The van der Waals surface area contributed by atoms with E-state index in [0.29, 0.717) is 5.92 Å². The molecule has 2 aromatic rings. The van der Waals surface area contributed by atoms with Gasteiger partial charge in [0.15, 0.2) is 0 Å². The zero-order valence-corrected chi connectivity index (χ0v) is 10.6. The second kappa shape index (κ2) is 4.45. The lowest BCUT2D eigenvalue weighted by Crippen LogP contribution is -2.00. The third kappa shape index (κ3) is 2.47. The van der Waals surface area contributed by atoms with Gasteiger partial charge < -0.3 is 5.32 Å². The third-order valence-electron chi connectivity index (χ3n) is 3.08. The van der Waals surface area contributed by atoms with Crippen molar-refractivity contribution in [2.24, 2.45) is 0 Å². The average Bonchev–Trinajstić information content (AvgIpc) is 3.08. The fraction of sp³-hybridized carbons (Fsp3) is 0.385. The Hall–Kier alpha value is -1.42. The molecule has 0 radical (unpaired) electrons. The van der Waals surface area contributed by atoms with E-state index >= 15 is 0 Å². The van der Waals surface area contributed by atoms with Crippen molar-refractivity contribution in [3.63, 3.8) is 0 Å². The molecule has 1 aromatic carbocycles. The molecule has 0 amide bonds. The van der Waals surface area contributed by atoms with Gasteiger partial charge in [-0.05, 0) is 30.9 Å². The Morgan fingerprint density at radius 2 is 2.18 bits per heavy atom. The number of anilines is 1. The summed E-state index contributed by atoms with van der Waals surface area (Å²) >= 11 is 1.47. The molecule has 1 N–H and O–H groups in total. The first-order chi connectivity index (χ1) is 8.33. The van der Waals surface area contributed by atoms with Gasteiger partial charge in [-0.2, -0.15) is 4.37 Å². The van der Waals surface area contributed by atoms with Crippen LogP contribution in [0.5, 0.6) is 0 Å².